The van der Waals surface area contributed by atoms with Crippen LogP contribution in [0.25, 0.3) is 0 Å². The maximum atomic E-state index is 12.0. The molecule has 1 rings (SSSR count). The van der Waals surface area contributed by atoms with Gasteiger partial charge < -0.3 is 20.7 Å². The molecule has 0 bridgehead atoms. The SMILES string of the molecule is CNC(=O)C1CCN(C(=O)C(N)CCOC)CC1. The Hall–Kier alpha value is -1.14. The predicted octanol–water partition coefficient (Wildman–Crippen LogP) is -0.665. The highest BCUT2D eigenvalue weighted by atomic mass is 16.5. The van der Waals surface area contributed by atoms with E-state index in [9.17, 15) is 9.59 Å². The second kappa shape index (κ2) is 7.33. The van der Waals surface area contributed by atoms with E-state index in [0.29, 0.717) is 39.0 Å². The van der Waals surface area contributed by atoms with Crippen molar-refractivity contribution < 1.29 is 14.3 Å². The second-order valence-corrected chi connectivity index (χ2v) is 4.60. The van der Waals surface area contributed by atoms with Crippen molar-refractivity contribution in [2.24, 2.45) is 11.7 Å². The smallest absolute Gasteiger partial charge is 0.239 e. The summed E-state index contributed by atoms with van der Waals surface area (Å²) >= 11 is 0. The van der Waals surface area contributed by atoms with Crippen LogP contribution in [-0.4, -0.2) is 56.6 Å². The van der Waals surface area contributed by atoms with Crippen LogP contribution in [0.4, 0.5) is 0 Å². The third-order valence-corrected chi connectivity index (χ3v) is 3.37. The molecule has 0 aliphatic carbocycles. The van der Waals surface area contributed by atoms with Crippen LogP contribution in [0.2, 0.25) is 0 Å². The number of hydrogen-bond donors (Lipinski definition) is 2. The zero-order valence-electron chi connectivity index (χ0n) is 11.1. The lowest BCUT2D eigenvalue weighted by Crippen LogP contribution is -2.49. The Morgan fingerprint density at radius 1 is 1.44 bits per heavy atom. The van der Waals surface area contributed by atoms with Crippen molar-refractivity contribution in [3.05, 3.63) is 0 Å². The molecule has 0 saturated carbocycles. The summed E-state index contributed by atoms with van der Waals surface area (Å²) in [5.41, 5.74) is 5.80. The van der Waals surface area contributed by atoms with Crippen LogP contribution in [0.15, 0.2) is 0 Å². The van der Waals surface area contributed by atoms with Crippen LogP contribution in [0.1, 0.15) is 19.3 Å². The molecule has 104 valence electrons. The first-order chi connectivity index (χ1) is 8.60. The number of ether oxygens (including phenoxy) is 1. The number of carbonyl (C=O) groups excluding carboxylic acids is 2. The van der Waals surface area contributed by atoms with Crippen LogP contribution in [0, 0.1) is 5.92 Å². The monoisotopic (exact) mass is 257 g/mol. The van der Waals surface area contributed by atoms with E-state index in [1.54, 1.807) is 19.1 Å². The molecule has 1 saturated heterocycles. The molecule has 2 amide bonds. The number of piperidine rings is 1. The van der Waals surface area contributed by atoms with Gasteiger partial charge in [0.25, 0.3) is 0 Å². The van der Waals surface area contributed by atoms with Crippen molar-refractivity contribution in [1.29, 1.82) is 0 Å². The minimum absolute atomic E-state index is 0.0225. The van der Waals surface area contributed by atoms with Gasteiger partial charge in [-0.05, 0) is 19.3 Å². The van der Waals surface area contributed by atoms with E-state index in [0.717, 1.165) is 0 Å². The number of nitrogens with one attached hydrogen (secondary N) is 1. The summed E-state index contributed by atoms with van der Waals surface area (Å²) in [7, 11) is 3.23. The largest absolute Gasteiger partial charge is 0.385 e. The highest BCUT2D eigenvalue weighted by Gasteiger charge is 2.28. The highest BCUT2D eigenvalue weighted by molar-refractivity contribution is 5.82. The van der Waals surface area contributed by atoms with E-state index in [1.807, 2.05) is 0 Å². The molecule has 3 N–H and O–H groups in total. The zero-order valence-corrected chi connectivity index (χ0v) is 11.1. The number of rotatable bonds is 5. The summed E-state index contributed by atoms with van der Waals surface area (Å²) in [6.45, 7) is 1.71. The molecule has 1 unspecified atom stereocenters. The summed E-state index contributed by atoms with van der Waals surface area (Å²) in [6, 6.07) is -0.499. The molecule has 18 heavy (non-hydrogen) atoms. The lowest BCUT2D eigenvalue weighted by molar-refractivity contribution is -0.136. The number of hydrogen-bond acceptors (Lipinski definition) is 4. The van der Waals surface area contributed by atoms with E-state index < -0.39 is 6.04 Å². The Morgan fingerprint density at radius 2 is 2.06 bits per heavy atom. The Balaban J connectivity index is 2.37. The standard InChI is InChI=1S/C12H23N3O3/c1-14-11(16)9-3-6-15(7-4-9)12(17)10(13)5-8-18-2/h9-10H,3-8,13H2,1-2H3,(H,14,16). The summed E-state index contributed by atoms with van der Waals surface area (Å²) in [5, 5.41) is 2.65. The Morgan fingerprint density at radius 3 is 2.56 bits per heavy atom. The second-order valence-electron chi connectivity index (χ2n) is 4.60. The highest BCUT2D eigenvalue weighted by Crippen LogP contribution is 2.18. The molecule has 1 atom stereocenters. The van der Waals surface area contributed by atoms with E-state index in [1.165, 1.54) is 0 Å². The number of likely N-dealkylation sites (tertiary alicyclic amines) is 1. The Kier molecular flexibility index (Phi) is 6.07. The van der Waals surface area contributed by atoms with E-state index in [2.05, 4.69) is 5.32 Å². The van der Waals surface area contributed by atoms with Crippen LogP contribution in [0.5, 0.6) is 0 Å². The predicted molar refractivity (Wildman–Crippen MR) is 67.8 cm³/mol. The Bertz CT molecular complexity index is 288. The van der Waals surface area contributed by atoms with Gasteiger partial charge in [0.2, 0.25) is 11.8 Å². The number of nitrogens with zero attached hydrogens (tertiary/aromatic N) is 1. The fraction of sp³-hybridized carbons (Fsp3) is 0.833. The molecule has 6 nitrogen and oxygen atoms in total. The topological polar surface area (TPSA) is 84.7 Å². The van der Waals surface area contributed by atoms with Gasteiger partial charge in [0.1, 0.15) is 0 Å². The van der Waals surface area contributed by atoms with Crippen molar-refractivity contribution in [2.45, 2.75) is 25.3 Å². The van der Waals surface area contributed by atoms with E-state index in [4.69, 9.17) is 10.5 Å². The van der Waals surface area contributed by atoms with Crippen molar-refractivity contribution in [2.75, 3.05) is 33.9 Å². The van der Waals surface area contributed by atoms with Crippen LogP contribution in [0.3, 0.4) is 0 Å². The van der Waals surface area contributed by atoms with Gasteiger partial charge in [-0.3, -0.25) is 9.59 Å². The van der Waals surface area contributed by atoms with Gasteiger partial charge in [0.05, 0.1) is 6.04 Å². The normalized spacial score (nSPS) is 18.5. The first kappa shape index (κ1) is 14.9. The Labute approximate surface area is 108 Å². The minimum Gasteiger partial charge on any atom is -0.385 e. The molecule has 0 spiro atoms. The first-order valence-electron chi connectivity index (χ1n) is 6.35. The van der Waals surface area contributed by atoms with Crippen molar-refractivity contribution in [3.8, 4) is 0 Å². The van der Waals surface area contributed by atoms with E-state index >= 15 is 0 Å². The summed E-state index contributed by atoms with van der Waals surface area (Å²) in [5.74, 6) is 0.0439. The molecule has 0 aromatic carbocycles. The van der Waals surface area contributed by atoms with Gasteiger partial charge in [0, 0.05) is 39.8 Å². The molecule has 1 aliphatic heterocycles. The number of nitrogens with two attached hydrogens (primary N) is 1. The van der Waals surface area contributed by atoms with Crippen molar-refractivity contribution in [1.82, 2.24) is 10.2 Å². The maximum Gasteiger partial charge on any atom is 0.239 e. The third-order valence-electron chi connectivity index (χ3n) is 3.37. The molecule has 0 radical (unpaired) electrons. The number of amides is 2. The van der Waals surface area contributed by atoms with Crippen LogP contribution in [-0.2, 0) is 14.3 Å². The van der Waals surface area contributed by atoms with Gasteiger partial charge in [-0.15, -0.1) is 0 Å². The molecule has 6 heteroatoms. The van der Waals surface area contributed by atoms with Gasteiger partial charge in [-0.25, -0.2) is 0 Å². The van der Waals surface area contributed by atoms with Crippen molar-refractivity contribution >= 4 is 11.8 Å². The first-order valence-corrected chi connectivity index (χ1v) is 6.35. The molecular weight excluding hydrogens is 234 g/mol. The summed E-state index contributed by atoms with van der Waals surface area (Å²) in [6.07, 6.45) is 1.95. The van der Waals surface area contributed by atoms with Gasteiger partial charge in [-0.1, -0.05) is 0 Å². The lowest BCUT2D eigenvalue weighted by atomic mass is 9.95. The third kappa shape index (κ3) is 3.96. The summed E-state index contributed by atoms with van der Waals surface area (Å²) in [4.78, 5) is 25.2. The van der Waals surface area contributed by atoms with Crippen molar-refractivity contribution in [3.63, 3.8) is 0 Å². The number of carbonyl (C=O) groups is 2. The average molecular weight is 257 g/mol. The lowest BCUT2D eigenvalue weighted by Gasteiger charge is -2.32. The number of methoxy groups -OCH3 is 1. The van der Waals surface area contributed by atoms with Gasteiger partial charge in [0.15, 0.2) is 0 Å². The van der Waals surface area contributed by atoms with Crippen LogP contribution >= 0.6 is 0 Å². The molecule has 1 heterocycles. The van der Waals surface area contributed by atoms with E-state index in [-0.39, 0.29) is 17.7 Å². The fourth-order valence-electron chi connectivity index (χ4n) is 2.17. The molecule has 0 aromatic heterocycles. The van der Waals surface area contributed by atoms with Crippen LogP contribution < -0.4 is 11.1 Å². The van der Waals surface area contributed by atoms with Gasteiger partial charge >= 0.3 is 0 Å². The van der Waals surface area contributed by atoms with Gasteiger partial charge in [-0.2, -0.15) is 0 Å². The fourth-order valence-corrected chi connectivity index (χ4v) is 2.17. The molecule has 0 aromatic rings. The molecular formula is C12H23N3O3. The quantitative estimate of drug-likeness (QED) is 0.684. The maximum absolute atomic E-state index is 12.0. The molecule has 1 aliphatic rings. The average Bonchev–Trinajstić information content (AvgIpc) is 2.43. The summed E-state index contributed by atoms with van der Waals surface area (Å²) < 4.78 is 4.91. The minimum atomic E-state index is -0.499. The molecule has 1 fully saturated rings. The zero-order chi connectivity index (χ0) is 13.5.